The molecule has 1 amide bonds. The van der Waals surface area contributed by atoms with Gasteiger partial charge in [0.2, 0.25) is 5.91 Å². The molecule has 0 aliphatic heterocycles. The van der Waals surface area contributed by atoms with Crippen LogP contribution in [-0.2, 0) is 16.2 Å². The molecule has 2 rings (SSSR count). The van der Waals surface area contributed by atoms with Gasteiger partial charge in [-0.2, -0.15) is 0 Å². The van der Waals surface area contributed by atoms with Crippen molar-refractivity contribution in [2.45, 2.75) is 20.5 Å². The first kappa shape index (κ1) is 23.1. The second-order valence-electron chi connectivity index (χ2n) is 6.02. The molecule has 0 unspecified atom stereocenters. The van der Waals surface area contributed by atoms with Gasteiger partial charge in [0.15, 0.2) is 11.5 Å². The molecule has 2 N–H and O–H groups in total. The van der Waals surface area contributed by atoms with E-state index in [9.17, 15) is 24.8 Å². The molecule has 0 saturated carbocycles. The summed E-state index contributed by atoms with van der Waals surface area (Å²) in [4.78, 5) is 32.8. The molecule has 30 heavy (non-hydrogen) atoms. The number of nitro groups is 1. The number of ether oxygens (including phenoxy) is 2. The first-order valence-electron chi connectivity index (χ1n) is 8.76. The molecule has 2 aromatic carbocycles. The summed E-state index contributed by atoms with van der Waals surface area (Å²) in [5.41, 5.74) is 0.978. The van der Waals surface area contributed by atoms with Crippen molar-refractivity contribution in [1.82, 2.24) is 5.32 Å². The van der Waals surface area contributed by atoms with E-state index in [1.807, 2.05) is 22.6 Å². The number of aliphatic carboxylic acids is 1. The topological polar surface area (TPSA) is 128 Å². The molecule has 0 aliphatic rings. The van der Waals surface area contributed by atoms with E-state index in [0.717, 1.165) is 5.56 Å². The van der Waals surface area contributed by atoms with Gasteiger partial charge in [0.1, 0.15) is 12.3 Å². The van der Waals surface area contributed by atoms with Crippen LogP contribution < -0.4 is 14.8 Å². The molecule has 0 saturated heterocycles. The summed E-state index contributed by atoms with van der Waals surface area (Å²) >= 11 is 2.04. The number of carboxylic acids is 1. The fourth-order valence-corrected chi connectivity index (χ4v) is 3.23. The Morgan fingerprint density at radius 3 is 2.43 bits per heavy atom. The zero-order valence-corrected chi connectivity index (χ0v) is 18.3. The number of nitro benzene ring substituents is 1. The molecule has 0 bridgehead atoms. The third-order valence-electron chi connectivity index (χ3n) is 3.71. The average molecular weight is 526 g/mol. The van der Waals surface area contributed by atoms with Crippen LogP contribution in [0.25, 0.3) is 6.08 Å². The van der Waals surface area contributed by atoms with Gasteiger partial charge in [-0.15, -0.1) is 0 Å². The molecular weight excluding hydrogens is 507 g/mol. The van der Waals surface area contributed by atoms with E-state index in [1.54, 1.807) is 31.2 Å². The maximum atomic E-state index is 11.3. The summed E-state index contributed by atoms with van der Waals surface area (Å²) in [6.07, 6.45) is 1.33. The Bertz CT molecular complexity index is 987. The number of nitrogens with zero attached hydrogens (tertiary/aromatic N) is 1. The molecular formula is C20H19IN2O7. The lowest BCUT2D eigenvalue weighted by Crippen LogP contribution is -2.24. The van der Waals surface area contributed by atoms with Crippen molar-refractivity contribution in [1.29, 1.82) is 0 Å². The largest absolute Gasteiger partial charge is 0.490 e. The summed E-state index contributed by atoms with van der Waals surface area (Å²) in [6, 6.07) is 9.32. The molecule has 10 heteroatoms. The van der Waals surface area contributed by atoms with Gasteiger partial charge >= 0.3 is 5.97 Å². The van der Waals surface area contributed by atoms with Gasteiger partial charge < -0.3 is 19.9 Å². The number of rotatable bonds is 9. The highest BCUT2D eigenvalue weighted by atomic mass is 127. The van der Waals surface area contributed by atoms with Crippen molar-refractivity contribution >= 4 is 46.2 Å². The van der Waals surface area contributed by atoms with Crippen molar-refractivity contribution in [3.05, 3.63) is 66.9 Å². The highest BCUT2D eigenvalue weighted by Crippen LogP contribution is 2.35. The second-order valence-corrected chi connectivity index (χ2v) is 7.18. The van der Waals surface area contributed by atoms with Crippen molar-refractivity contribution in [2.24, 2.45) is 0 Å². The summed E-state index contributed by atoms with van der Waals surface area (Å²) in [6.45, 7) is 3.54. The van der Waals surface area contributed by atoms with Crippen LogP contribution in [0.2, 0.25) is 0 Å². The minimum atomic E-state index is -1.27. The van der Waals surface area contributed by atoms with Crippen LogP contribution >= 0.6 is 22.6 Å². The van der Waals surface area contributed by atoms with Gasteiger partial charge in [-0.1, -0.05) is 0 Å². The minimum Gasteiger partial charge on any atom is -0.490 e. The van der Waals surface area contributed by atoms with E-state index in [4.69, 9.17) is 9.47 Å². The Morgan fingerprint density at radius 1 is 1.23 bits per heavy atom. The van der Waals surface area contributed by atoms with Gasteiger partial charge in [0.25, 0.3) is 5.69 Å². The van der Waals surface area contributed by atoms with Crippen LogP contribution in [0.15, 0.2) is 42.1 Å². The lowest BCUT2D eigenvalue weighted by Gasteiger charge is -2.15. The summed E-state index contributed by atoms with van der Waals surface area (Å²) in [7, 11) is 0. The van der Waals surface area contributed by atoms with Gasteiger partial charge in [0.05, 0.1) is 15.1 Å². The van der Waals surface area contributed by atoms with Crippen LogP contribution in [0.4, 0.5) is 5.69 Å². The number of halogens is 1. The number of non-ortho nitro benzene ring substituents is 1. The molecule has 0 aliphatic carbocycles. The molecule has 0 radical (unpaired) electrons. The summed E-state index contributed by atoms with van der Waals surface area (Å²) in [5.74, 6) is -0.891. The fraction of sp³-hybridized carbons (Fsp3) is 0.200. The van der Waals surface area contributed by atoms with Crippen LogP contribution in [0, 0.1) is 13.7 Å². The monoisotopic (exact) mass is 526 g/mol. The SMILES string of the molecule is CCOc1cc(C=C(NC(C)=O)C(=O)O)cc(I)c1OCc1ccc([N+](=O)[O-])cc1. The number of carbonyl (C=O) groups excluding carboxylic acids is 1. The van der Waals surface area contributed by atoms with E-state index in [-0.39, 0.29) is 18.0 Å². The zero-order valence-electron chi connectivity index (χ0n) is 16.2. The van der Waals surface area contributed by atoms with Crippen LogP contribution in [0.3, 0.4) is 0 Å². The Labute approximate surface area is 186 Å². The number of hydrogen-bond acceptors (Lipinski definition) is 6. The Balaban J connectivity index is 2.30. The van der Waals surface area contributed by atoms with Crippen molar-refractivity contribution in [2.75, 3.05) is 6.61 Å². The molecule has 0 heterocycles. The number of carboxylic acid groups (broad SMARTS) is 1. The van der Waals surface area contributed by atoms with Gasteiger partial charge in [-0.25, -0.2) is 4.79 Å². The fourth-order valence-electron chi connectivity index (χ4n) is 2.45. The Kier molecular flexibility index (Phi) is 8.16. The third kappa shape index (κ3) is 6.44. The van der Waals surface area contributed by atoms with E-state index < -0.39 is 16.8 Å². The van der Waals surface area contributed by atoms with Gasteiger partial charge in [-0.05, 0) is 71.0 Å². The third-order valence-corrected chi connectivity index (χ3v) is 4.52. The van der Waals surface area contributed by atoms with Crippen molar-refractivity contribution < 1.29 is 29.1 Å². The quantitative estimate of drug-likeness (QED) is 0.221. The molecule has 0 spiro atoms. The molecule has 0 atom stereocenters. The summed E-state index contributed by atoms with van der Waals surface area (Å²) in [5, 5.41) is 22.3. The van der Waals surface area contributed by atoms with E-state index in [1.165, 1.54) is 25.1 Å². The van der Waals surface area contributed by atoms with Gasteiger partial charge in [-0.3, -0.25) is 14.9 Å². The highest BCUT2D eigenvalue weighted by Gasteiger charge is 2.15. The Hall–Kier alpha value is -3.15. The first-order valence-corrected chi connectivity index (χ1v) is 9.84. The molecule has 0 aromatic heterocycles. The zero-order chi connectivity index (χ0) is 22.3. The lowest BCUT2D eigenvalue weighted by atomic mass is 10.1. The molecule has 158 valence electrons. The van der Waals surface area contributed by atoms with Crippen LogP contribution in [0.1, 0.15) is 25.0 Å². The number of nitrogens with one attached hydrogen (secondary N) is 1. The predicted octanol–water partition coefficient (Wildman–Crippen LogP) is 3.74. The standard InChI is InChI=1S/C20H19IN2O7/c1-3-29-18-10-14(9-17(20(25)26)22-12(2)24)8-16(21)19(18)30-11-13-4-6-15(7-5-13)23(27)28/h4-10H,3,11H2,1-2H3,(H,22,24)(H,25,26). The van der Waals surface area contributed by atoms with E-state index in [0.29, 0.717) is 27.2 Å². The second kappa shape index (κ2) is 10.6. The van der Waals surface area contributed by atoms with E-state index in [2.05, 4.69) is 5.32 Å². The molecule has 2 aromatic rings. The maximum absolute atomic E-state index is 11.3. The normalized spacial score (nSPS) is 11.0. The maximum Gasteiger partial charge on any atom is 0.352 e. The number of carbonyl (C=O) groups is 2. The number of benzene rings is 2. The van der Waals surface area contributed by atoms with Crippen LogP contribution in [0.5, 0.6) is 11.5 Å². The molecule has 0 fully saturated rings. The average Bonchev–Trinajstić information content (AvgIpc) is 2.67. The smallest absolute Gasteiger partial charge is 0.352 e. The molecule has 9 nitrogen and oxygen atoms in total. The van der Waals surface area contributed by atoms with Gasteiger partial charge in [0, 0.05) is 19.1 Å². The predicted molar refractivity (Wildman–Crippen MR) is 117 cm³/mol. The number of amides is 1. The Morgan fingerprint density at radius 2 is 1.90 bits per heavy atom. The van der Waals surface area contributed by atoms with Crippen LogP contribution in [-0.4, -0.2) is 28.5 Å². The minimum absolute atomic E-state index is 0.00659. The van der Waals surface area contributed by atoms with Crippen molar-refractivity contribution in [3.8, 4) is 11.5 Å². The lowest BCUT2D eigenvalue weighted by molar-refractivity contribution is -0.384. The number of hydrogen-bond donors (Lipinski definition) is 2. The first-order chi connectivity index (χ1) is 14.2. The highest BCUT2D eigenvalue weighted by molar-refractivity contribution is 14.1. The van der Waals surface area contributed by atoms with E-state index >= 15 is 0 Å². The van der Waals surface area contributed by atoms with Crippen molar-refractivity contribution in [3.63, 3.8) is 0 Å². The summed E-state index contributed by atoms with van der Waals surface area (Å²) < 4.78 is 12.2.